The van der Waals surface area contributed by atoms with Gasteiger partial charge in [0.05, 0.1) is 25.1 Å². The molecule has 0 radical (unpaired) electrons. The van der Waals surface area contributed by atoms with E-state index >= 15 is 0 Å². The Morgan fingerprint density at radius 1 is 1.18 bits per heavy atom. The SMILES string of the molecule is CC(C)(C)OC(=O)N1CSC[C@H]1C(=O)N[C@H](Cc1ccccc1)C(=O)N[C@H]1CO[C@H]2[C@@H]1OC[C@@H]2O[N+](=O)[O-]. The van der Waals surface area contributed by atoms with Gasteiger partial charge in [0, 0.05) is 12.2 Å². The lowest BCUT2D eigenvalue weighted by atomic mass is 10.0. The first-order valence-corrected chi connectivity index (χ1v) is 13.4. The average Bonchev–Trinajstić information content (AvgIpc) is 3.57. The van der Waals surface area contributed by atoms with Crippen molar-refractivity contribution >= 4 is 29.7 Å². The lowest BCUT2D eigenvalue weighted by molar-refractivity contribution is -0.769. The fraction of sp³-hybridized carbons (Fsp3) is 0.625. The molecule has 2 N–H and O–H groups in total. The average molecular weight is 553 g/mol. The Morgan fingerprint density at radius 2 is 1.89 bits per heavy atom. The summed E-state index contributed by atoms with van der Waals surface area (Å²) >= 11 is 1.42. The standard InChI is InChI=1S/C24H32N4O9S/c1-24(2,3)36-23(31)27-13-38-12-17(27)22(30)25-15(9-14-7-5-4-6-8-14)21(29)26-16-10-34-20-18(37-28(32)33)11-35-19(16)20/h4-8,15-20H,9-13H2,1-3H3,(H,25,30)(H,26,29)/t15-,16+,17+,18+,19-,20-/m1/s1. The third kappa shape index (κ3) is 6.85. The van der Waals surface area contributed by atoms with Gasteiger partial charge in [-0.2, -0.15) is 0 Å². The van der Waals surface area contributed by atoms with Gasteiger partial charge in [0.2, 0.25) is 11.8 Å². The molecule has 0 unspecified atom stereocenters. The molecular formula is C24H32N4O9S. The van der Waals surface area contributed by atoms with Crippen molar-refractivity contribution in [2.75, 3.05) is 24.8 Å². The van der Waals surface area contributed by atoms with Crippen molar-refractivity contribution in [2.24, 2.45) is 0 Å². The molecule has 13 nitrogen and oxygen atoms in total. The molecule has 3 aliphatic heterocycles. The fourth-order valence-corrected chi connectivity index (χ4v) is 5.70. The van der Waals surface area contributed by atoms with Crippen LogP contribution in [0, 0.1) is 10.1 Å². The molecule has 0 aliphatic carbocycles. The quantitative estimate of drug-likeness (QED) is 0.350. The number of thioether (sulfide) groups is 1. The summed E-state index contributed by atoms with van der Waals surface area (Å²) in [6, 6.07) is 6.88. The van der Waals surface area contributed by atoms with Crippen molar-refractivity contribution in [2.45, 2.75) is 69.2 Å². The molecule has 3 saturated heterocycles. The van der Waals surface area contributed by atoms with Crippen molar-refractivity contribution in [3.8, 4) is 0 Å². The van der Waals surface area contributed by atoms with E-state index < -0.39 is 65.0 Å². The summed E-state index contributed by atoms with van der Waals surface area (Å²) in [6.45, 7) is 5.30. The van der Waals surface area contributed by atoms with E-state index in [9.17, 15) is 24.5 Å². The first kappa shape index (κ1) is 27.9. The van der Waals surface area contributed by atoms with Gasteiger partial charge in [0.1, 0.15) is 29.9 Å². The highest BCUT2D eigenvalue weighted by Gasteiger charge is 2.50. The summed E-state index contributed by atoms with van der Waals surface area (Å²) in [4.78, 5) is 56.1. The highest BCUT2D eigenvalue weighted by atomic mass is 32.2. The van der Waals surface area contributed by atoms with Crippen molar-refractivity contribution in [1.29, 1.82) is 0 Å². The second kappa shape index (κ2) is 11.7. The minimum atomic E-state index is -0.956. The molecule has 0 spiro atoms. The normalized spacial score (nSPS) is 27.3. The van der Waals surface area contributed by atoms with E-state index in [0.29, 0.717) is 11.6 Å². The van der Waals surface area contributed by atoms with Gasteiger partial charge in [-0.05, 0) is 26.3 Å². The number of amides is 3. The summed E-state index contributed by atoms with van der Waals surface area (Å²) in [5, 5.41) is 15.5. The zero-order valence-corrected chi connectivity index (χ0v) is 22.2. The van der Waals surface area contributed by atoms with Crippen LogP contribution in [0.5, 0.6) is 0 Å². The van der Waals surface area contributed by atoms with Crippen molar-refractivity contribution < 1.29 is 38.5 Å². The number of ether oxygens (including phenoxy) is 3. The highest BCUT2D eigenvalue weighted by molar-refractivity contribution is 7.99. The Morgan fingerprint density at radius 3 is 2.58 bits per heavy atom. The zero-order chi connectivity index (χ0) is 27.4. The fourth-order valence-electron chi connectivity index (χ4n) is 4.56. The van der Waals surface area contributed by atoms with Gasteiger partial charge >= 0.3 is 6.09 Å². The first-order chi connectivity index (χ1) is 18.0. The summed E-state index contributed by atoms with van der Waals surface area (Å²) in [7, 11) is 0. The second-order valence-electron chi connectivity index (χ2n) is 10.3. The third-order valence-electron chi connectivity index (χ3n) is 6.29. The molecule has 0 bridgehead atoms. The molecule has 38 heavy (non-hydrogen) atoms. The Labute approximate surface area is 224 Å². The van der Waals surface area contributed by atoms with E-state index in [4.69, 9.17) is 14.2 Å². The van der Waals surface area contributed by atoms with Crippen molar-refractivity contribution in [3.05, 3.63) is 46.0 Å². The zero-order valence-electron chi connectivity index (χ0n) is 21.4. The number of hydrogen-bond acceptors (Lipinski definition) is 10. The maximum Gasteiger partial charge on any atom is 0.411 e. The summed E-state index contributed by atoms with van der Waals surface area (Å²) in [5.74, 6) is -0.255. The molecule has 3 amide bonds. The van der Waals surface area contributed by atoms with E-state index in [1.54, 1.807) is 20.8 Å². The van der Waals surface area contributed by atoms with Gasteiger partial charge in [-0.3, -0.25) is 14.5 Å². The van der Waals surface area contributed by atoms with Gasteiger partial charge in [-0.25, -0.2) is 4.79 Å². The Balaban J connectivity index is 1.44. The first-order valence-electron chi connectivity index (χ1n) is 12.3. The molecule has 3 heterocycles. The minimum Gasteiger partial charge on any atom is -0.444 e. The van der Waals surface area contributed by atoms with Gasteiger partial charge < -0.3 is 29.7 Å². The van der Waals surface area contributed by atoms with Gasteiger partial charge in [0.15, 0.2) is 6.10 Å². The van der Waals surface area contributed by atoms with E-state index in [-0.39, 0.29) is 19.6 Å². The van der Waals surface area contributed by atoms with Crippen LogP contribution >= 0.6 is 11.8 Å². The van der Waals surface area contributed by atoms with E-state index in [2.05, 4.69) is 15.5 Å². The Bertz CT molecular complexity index is 1040. The number of nitrogens with zero attached hydrogens (tertiary/aromatic N) is 2. The van der Waals surface area contributed by atoms with Crippen molar-refractivity contribution in [1.82, 2.24) is 15.5 Å². The Hall–Kier alpha value is -3.10. The molecule has 0 aromatic heterocycles. The van der Waals surface area contributed by atoms with Crippen LogP contribution in [0.25, 0.3) is 0 Å². The van der Waals surface area contributed by atoms with Crippen LogP contribution in [0.4, 0.5) is 4.79 Å². The smallest absolute Gasteiger partial charge is 0.411 e. The predicted octanol–water partition coefficient (Wildman–Crippen LogP) is 0.883. The van der Waals surface area contributed by atoms with Crippen LogP contribution in [0.2, 0.25) is 0 Å². The van der Waals surface area contributed by atoms with Crippen LogP contribution in [0.3, 0.4) is 0 Å². The number of rotatable bonds is 8. The lowest BCUT2D eigenvalue weighted by Gasteiger charge is -2.29. The topological polar surface area (TPSA) is 159 Å². The van der Waals surface area contributed by atoms with Crippen molar-refractivity contribution in [3.63, 3.8) is 0 Å². The number of hydrogen-bond donors (Lipinski definition) is 2. The lowest BCUT2D eigenvalue weighted by Crippen LogP contribution is -2.57. The number of carbonyl (C=O) groups is 3. The third-order valence-corrected chi connectivity index (χ3v) is 7.30. The monoisotopic (exact) mass is 552 g/mol. The number of benzene rings is 1. The molecule has 1 aromatic rings. The largest absolute Gasteiger partial charge is 0.444 e. The van der Waals surface area contributed by atoms with Crippen LogP contribution in [0.1, 0.15) is 26.3 Å². The molecule has 208 valence electrons. The van der Waals surface area contributed by atoms with Gasteiger partial charge in [-0.15, -0.1) is 21.9 Å². The number of nitrogens with one attached hydrogen (secondary N) is 2. The second-order valence-corrected chi connectivity index (χ2v) is 11.3. The van der Waals surface area contributed by atoms with E-state index in [0.717, 1.165) is 5.56 Å². The highest BCUT2D eigenvalue weighted by Crippen LogP contribution is 2.29. The minimum absolute atomic E-state index is 0.0350. The molecule has 3 aliphatic rings. The molecule has 14 heteroatoms. The number of fused-ring (bicyclic) bond motifs is 1. The molecular weight excluding hydrogens is 520 g/mol. The molecule has 3 fully saturated rings. The van der Waals surface area contributed by atoms with Crippen LogP contribution in [0.15, 0.2) is 30.3 Å². The van der Waals surface area contributed by atoms with Crippen LogP contribution < -0.4 is 10.6 Å². The Kier molecular flexibility index (Phi) is 8.63. The summed E-state index contributed by atoms with van der Waals surface area (Å²) in [5.41, 5.74) is 0.115. The summed E-state index contributed by atoms with van der Waals surface area (Å²) < 4.78 is 16.7. The molecule has 4 rings (SSSR count). The maximum atomic E-state index is 13.4. The van der Waals surface area contributed by atoms with Gasteiger partial charge in [0.25, 0.3) is 5.09 Å². The summed E-state index contributed by atoms with van der Waals surface area (Å²) in [6.07, 6.45) is -2.57. The number of carbonyl (C=O) groups excluding carboxylic acids is 3. The molecule has 6 atom stereocenters. The molecule has 0 saturated carbocycles. The maximum absolute atomic E-state index is 13.4. The van der Waals surface area contributed by atoms with Crippen LogP contribution in [-0.4, -0.2) is 94.8 Å². The predicted molar refractivity (Wildman–Crippen MR) is 135 cm³/mol. The van der Waals surface area contributed by atoms with Crippen LogP contribution in [-0.2, 0) is 35.1 Å². The van der Waals surface area contributed by atoms with E-state index in [1.807, 2.05) is 30.3 Å². The van der Waals surface area contributed by atoms with E-state index in [1.165, 1.54) is 16.7 Å². The van der Waals surface area contributed by atoms with Gasteiger partial charge in [-0.1, -0.05) is 30.3 Å². The molecule has 1 aromatic carbocycles.